The number of carbonyl (C=O) groups excluding carboxylic acids is 2. The van der Waals surface area contributed by atoms with Gasteiger partial charge in [0.15, 0.2) is 0 Å². The van der Waals surface area contributed by atoms with Crippen molar-refractivity contribution in [3.8, 4) is 0 Å². The number of anilines is 1. The summed E-state index contributed by atoms with van der Waals surface area (Å²) in [4.78, 5) is 31.0. The van der Waals surface area contributed by atoms with E-state index < -0.39 is 29.1 Å². The van der Waals surface area contributed by atoms with Crippen molar-refractivity contribution < 1.29 is 19.4 Å². The number of aryl methyl sites for hydroxylation is 1. The number of rotatable bonds is 1. The molecular weight excluding hydrogens is 320 g/mol. The Balaban J connectivity index is 1.80. The van der Waals surface area contributed by atoms with E-state index in [2.05, 4.69) is 4.98 Å². The molecule has 4 rings (SSSR count). The number of aliphatic hydroxyl groups excluding tert-OH is 1. The van der Waals surface area contributed by atoms with Crippen LogP contribution < -0.4 is 4.90 Å². The van der Waals surface area contributed by atoms with Crippen molar-refractivity contribution in [2.75, 3.05) is 4.90 Å². The van der Waals surface area contributed by atoms with Crippen molar-refractivity contribution in [1.82, 2.24) is 4.98 Å². The van der Waals surface area contributed by atoms with Gasteiger partial charge in [-0.3, -0.25) is 9.59 Å². The lowest BCUT2D eigenvalue weighted by Crippen LogP contribution is -2.49. The number of pyridine rings is 1. The molecule has 2 bridgehead atoms. The molecule has 3 saturated heterocycles. The Morgan fingerprint density at radius 3 is 2.65 bits per heavy atom. The largest absolute Gasteiger partial charge is 0.390 e. The quantitative estimate of drug-likeness (QED) is 0.620. The Morgan fingerprint density at radius 1 is 1.35 bits per heavy atom. The standard InChI is InChI=1S/C16H17ClN2O4/c1-7-4-8(6-18-12(7)17)19-13(21)10-11(14(19)22)16(3)9(20)5-15(10,2)23-16/h4,6,9-11,20H,5H2,1-3H3/t9-,10+,11-,15?,16?/m0/s1. The summed E-state index contributed by atoms with van der Waals surface area (Å²) in [5.74, 6) is -1.87. The minimum absolute atomic E-state index is 0.290. The second-order valence-electron chi connectivity index (χ2n) is 7.09. The van der Waals surface area contributed by atoms with E-state index in [9.17, 15) is 14.7 Å². The topological polar surface area (TPSA) is 79.7 Å². The third kappa shape index (κ3) is 1.69. The van der Waals surface area contributed by atoms with Crippen LogP contribution in [0.4, 0.5) is 5.69 Å². The van der Waals surface area contributed by atoms with Gasteiger partial charge in [0.2, 0.25) is 11.8 Å². The number of aliphatic hydroxyl groups is 1. The highest BCUT2D eigenvalue weighted by Gasteiger charge is 2.75. The zero-order chi connectivity index (χ0) is 16.7. The summed E-state index contributed by atoms with van der Waals surface area (Å²) in [5, 5.41) is 10.6. The highest BCUT2D eigenvalue weighted by atomic mass is 35.5. The first-order chi connectivity index (χ1) is 10.7. The molecule has 1 aromatic rings. The molecule has 3 aliphatic rings. The first-order valence-corrected chi connectivity index (χ1v) is 7.95. The molecule has 2 unspecified atom stereocenters. The molecule has 6 nitrogen and oxygen atoms in total. The predicted octanol–water partition coefficient (Wildman–Crippen LogP) is 1.46. The Labute approximate surface area is 138 Å². The summed E-state index contributed by atoms with van der Waals surface area (Å²) in [5.41, 5.74) is -0.721. The fraction of sp³-hybridized carbons (Fsp3) is 0.562. The monoisotopic (exact) mass is 336 g/mol. The molecule has 0 spiro atoms. The van der Waals surface area contributed by atoms with Crippen LogP contribution in [-0.4, -0.2) is 39.2 Å². The van der Waals surface area contributed by atoms with Gasteiger partial charge in [0.25, 0.3) is 0 Å². The van der Waals surface area contributed by atoms with Crippen LogP contribution in [0.5, 0.6) is 0 Å². The minimum atomic E-state index is -1.02. The van der Waals surface area contributed by atoms with Crippen LogP contribution in [0.2, 0.25) is 5.15 Å². The van der Waals surface area contributed by atoms with E-state index in [1.54, 1.807) is 26.8 Å². The third-order valence-corrected chi connectivity index (χ3v) is 5.95. The lowest BCUT2D eigenvalue weighted by Gasteiger charge is -2.31. The molecule has 7 heteroatoms. The maximum atomic E-state index is 12.9. The van der Waals surface area contributed by atoms with Crippen LogP contribution in [0, 0.1) is 18.8 Å². The molecule has 23 heavy (non-hydrogen) atoms. The molecule has 0 saturated carbocycles. The number of halogens is 1. The average Bonchev–Trinajstić information content (AvgIpc) is 2.96. The van der Waals surface area contributed by atoms with Crippen molar-refractivity contribution in [3.05, 3.63) is 23.0 Å². The van der Waals surface area contributed by atoms with Crippen molar-refractivity contribution in [2.45, 2.75) is 44.5 Å². The summed E-state index contributed by atoms with van der Waals surface area (Å²) >= 11 is 5.92. The van der Waals surface area contributed by atoms with E-state index in [0.717, 1.165) is 0 Å². The Bertz CT molecular complexity index is 754. The molecule has 4 heterocycles. The minimum Gasteiger partial charge on any atom is -0.390 e. The molecule has 1 N–H and O–H groups in total. The van der Waals surface area contributed by atoms with Crippen LogP contribution in [0.15, 0.2) is 12.3 Å². The summed E-state index contributed by atoms with van der Waals surface area (Å²) in [7, 11) is 0. The summed E-state index contributed by atoms with van der Waals surface area (Å²) in [6.45, 7) is 5.28. The molecule has 0 aliphatic carbocycles. The number of ether oxygens (including phenoxy) is 1. The predicted molar refractivity (Wildman–Crippen MR) is 82.0 cm³/mol. The van der Waals surface area contributed by atoms with Gasteiger partial charge in [-0.15, -0.1) is 0 Å². The fourth-order valence-corrected chi connectivity index (χ4v) is 4.55. The van der Waals surface area contributed by atoms with Gasteiger partial charge in [0.1, 0.15) is 10.8 Å². The Morgan fingerprint density at radius 2 is 2.00 bits per heavy atom. The number of carbonyl (C=O) groups is 2. The van der Waals surface area contributed by atoms with Gasteiger partial charge in [-0.2, -0.15) is 0 Å². The fourth-order valence-electron chi connectivity index (χ4n) is 4.44. The van der Waals surface area contributed by atoms with E-state index in [1.165, 1.54) is 11.1 Å². The molecule has 5 atom stereocenters. The van der Waals surface area contributed by atoms with Gasteiger partial charge in [0, 0.05) is 6.42 Å². The number of amides is 2. The van der Waals surface area contributed by atoms with E-state index in [1.807, 2.05) is 0 Å². The van der Waals surface area contributed by atoms with Crippen molar-refractivity contribution in [2.24, 2.45) is 11.8 Å². The summed E-state index contributed by atoms with van der Waals surface area (Å²) < 4.78 is 5.94. The number of aromatic nitrogens is 1. The highest BCUT2D eigenvalue weighted by molar-refractivity contribution is 6.30. The van der Waals surface area contributed by atoms with Gasteiger partial charge < -0.3 is 9.84 Å². The average molecular weight is 337 g/mol. The van der Waals surface area contributed by atoms with E-state index >= 15 is 0 Å². The van der Waals surface area contributed by atoms with Crippen LogP contribution >= 0.6 is 11.6 Å². The lowest BCUT2D eigenvalue weighted by molar-refractivity contribution is -0.132. The normalized spacial score (nSPS) is 41.8. The number of nitrogens with zero attached hydrogens (tertiary/aromatic N) is 2. The Kier molecular flexibility index (Phi) is 2.82. The number of hydrogen-bond donors (Lipinski definition) is 1. The van der Waals surface area contributed by atoms with Crippen LogP contribution in [0.25, 0.3) is 0 Å². The van der Waals surface area contributed by atoms with Gasteiger partial charge in [-0.1, -0.05) is 11.6 Å². The van der Waals surface area contributed by atoms with Gasteiger partial charge in [0.05, 0.1) is 35.4 Å². The second-order valence-corrected chi connectivity index (χ2v) is 7.44. The third-order valence-electron chi connectivity index (χ3n) is 5.55. The number of imide groups is 1. The smallest absolute Gasteiger partial charge is 0.240 e. The van der Waals surface area contributed by atoms with E-state index in [-0.39, 0.29) is 11.8 Å². The van der Waals surface area contributed by atoms with E-state index in [0.29, 0.717) is 22.8 Å². The van der Waals surface area contributed by atoms with Crippen molar-refractivity contribution >= 4 is 29.1 Å². The zero-order valence-corrected chi connectivity index (χ0v) is 13.8. The van der Waals surface area contributed by atoms with Crippen molar-refractivity contribution in [1.29, 1.82) is 0 Å². The van der Waals surface area contributed by atoms with Crippen LogP contribution in [-0.2, 0) is 14.3 Å². The highest BCUT2D eigenvalue weighted by Crippen LogP contribution is 2.60. The molecule has 122 valence electrons. The summed E-state index contributed by atoms with van der Waals surface area (Å²) in [6.07, 6.45) is 1.03. The first kappa shape index (κ1) is 15.1. The van der Waals surface area contributed by atoms with Crippen LogP contribution in [0.3, 0.4) is 0 Å². The summed E-state index contributed by atoms with van der Waals surface area (Å²) in [6, 6.07) is 1.68. The molecule has 3 fully saturated rings. The van der Waals surface area contributed by atoms with Gasteiger partial charge in [-0.05, 0) is 32.4 Å². The van der Waals surface area contributed by atoms with Gasteiger partial charge >= 0.3 is 0 Å². The second kappa shape index (κ2) is 4.32. The maximum Gasteiger partial charge on any atom is 0.240 e. The lowest BCUT2D eigenvalue weighted by atomic mass is 9.67. The van der Waals surface area contributed by atoms with Gasteiger partial charge in [-0.25, -0.2) is 9.88 Å². The molecule has 0 radical (unpaired) electrons. The molecular formula is C16H17ClN2O4. The number of fused-ring (bicyclic) bond motifs is 5. The zero-order valence-electron chi connectivity index (χ0n) is 13.0. The van der Waals surface area contributed by atoms with Crippen molar-refractivity contribution in [3.63, 3.8) is 0 Å². The maximum absolute atomic E-state index is 12.9. The SMILES string of the molecule is Cc1cc(N2C(=O)[C@@H]3[C@H](C2=O)C2(C)C[C@H](O)C3(C)O2)cnc1Cl. The van der Waals surface area contributed by atoms with Crippen LogP contribution in [0.1, 0.15) is 25.8 Å². The molecule has 0 aromatic carbocycles. The molecule has 3 aliphatic heterocycles. The Hall–Kier alpha value is -1.50. The number of hydrogen-bond acceptors (Lipinski definition) is 5. The first-order valence-electron chi connectivity index (χ1n) is 7.57. The molecule has 1 aromatic heterocycles. The van der Waals surface area contributed by atoms with E-state index in [4.69, 9.17) is 16.3 Å². The molecule has 2 amide bonds.